The fourth-order valence-corrected chi connectivity index (χ4v) is 2.81. The van der Waals surface area contributed by atoms with Crippen LogP contribution in [-0.4, -0.2) is 18.0 Å². The van der Waals surface area contributed by atoms with E-state index in [9.17, 15) is 9.59 Å². The first-order chi connectivity index (χ1) is 14.4. The maximum atomic E-state index is 12.3. The molecule has 2 aromatic carbocycles. The molecule has 0 spiro atoms. The van der Waals surface area contributed by atoms with Gasteiger partial charge in [-0.2, -0.15) is 0 Å². The molecule has 2 rings (SSSR count). The van der Waals surface area contributed by atoms with Gasteiger partial charge in [0.1, 0.15) is 5.75 Å². The molecular formula is C25H25ClO4. The second-order valence-corrected chi connectivity index (χ2v) is 7.64. The second-order valence-electron chi connectivity index (χ2n) is 7.21. The van der Waals surface area contributed by atoms with Gasteiger partial charge < -0.3 is 9.47 Å². The lowest BCUT2D eigenvalue weighted by Crippen LogP contribution is -2.18. The molecule has 0 aromatic heterocycles. The van der Waals surface area contributed by atoms with Crippen molar-refractivity contribution in [2.45, 2.75) is 39.2 Å². The van der Waals surface area contributed by atoms with Gasteiger partial charge in [-0.05, 0) is 35.6 Å². The van der Waals surface area contributed by atoms with Gasteiger partial charge in [-0.1, -0.05) is 79.9 Å². The topological polar surface area (TPSA) is 52.6 Å². The number of rotatable bonds is 9. The standard InChI is InChI=1S/C25H25ClO4/c1-4-23(22(26)15-12-19-8-6-5-7-9-19)30-25(28)17-20-10-13-21(14-11-20)29-24(27)16-18(2)3/h1,5-11,13-15,18,23H,12,16-17H2,2-3H3. The molecule has 0 radical (unpaired) electrons. The van der Waals surface area contributed by atoms with E-state index in [2.05, 4.69) is 5.92 Å². The summed E-state index contributed by atoms with van der Waals surface area (Å²) < 4.78 is 10.6. The number of benzene rings is 2. The van der Waals surface area contributed by atoms with Crippen molar-refractivity contribution in [2.75, 3.05) is 0 Å². The van der Waals surface area contributed by atoms with Crippen LogP contribution in [0.1, 0.15) is 31.4 Å². The van der Waals surface area contributed by atoms with Gasteiger partial charge in [0.15, 0.2) is 6.10 Å². The van der Waals surface area contributed by atoms with Crippen LogP contribution in [0.3, 0.4) is 0 Å². The SMILES string of the molecule is C#CC(OC(=O)Cc1ccc(OC(=O)CC(C)C)cc1)C(Cl)=CCc1ccccc1. The van der Waals surface area contributed by atoms with Crippen LogP contribution in [0, 0.1) is 18.3 Å². The summed E-state index contributed by atoms with van der Waals surface area (Å²) in [6.07, 6.45) is 7.26. The molecule has 5 heteroatoms. The van der Waals surface area contributed by atoms with Gasteiger partial charge in [0.05, 0.1) is 11.5 Å². The summed E-state index contributed by atoms with van der Waals surface area (Å²) in [6, 6.07) is 16.5. The first-order valence-corrected chi connectivity index (χ1v) is 10.1. The monoisotopic (exact) mass is 424 g/mol. The van der Waals surface area contributed by atoms with Crippen molar-refractivity contribution in [1.82, 2.24) is 0 Å². The Balaban J connectivity index is 1.88. The van der Waals surface area contributed by atoms with E-state index in [0.29, 0.717) is 29.2 Å². The third kappa shape index (κ3) is 8.14. The number of hydrogen-bond donors (Lipinski definition) is 0. The summed E-state index contributed by atoms with van der Waals surface area (Å²) in [5.41, 5.74) is 1.79. The number of carbonyl (C=O) groups is 2. The van der Waals surface area contributed by atoms with Crippen LogP contribution >= 0.6 is 11.6 Å². The summed E-state index contributed by atoms with van der Waals surface area (Å²) in [6.45, 7) is 3.89. The second kappa shape index (κ2) is 11.8. The van der Waals surface area contributed by atoms with Crippen molar-refractivity contribution < 1.29 is 19.1 Å². The molecule has 0 bridgehead atoms. The Bertz CT molecular complexity index is 908. The smallest absolute Gasteiger partial charge is 0.311 e. The zero-order valence-corrected chi connectivity index (χ0v) is 17.9. The number of esters is 2. The molecule has 2 aromatic rings. The number of hydrogen-bond acceptors (Lipinski definition) is 4. The van der Waals surface area contributed by atoms with Crippen molar-refractivity contribution >= 4 is 23.5 Å². The highest BCUT2D eigenvalue weighted by molar-refractivity contribution is 6.30. The van der Waals surface area contributed by atoms with Crippen LogP contribution in [0.15, 0.2) is 65.7 Å². The van der Waals surface area contributed by atoms with Crippen molar-refractivity contribution in [3.05, 3.63) is 76.8 Å². The molecule has 156 valence electrons. The summed E-state index contributed by atoms with van der Waals surface area (Å²) in [4.78, 5) is 24.0. The van der Waals surface area contributed by atoms with Crippen LogP contribution in [0.5, 0.6) is 5.75 Å². The van der Waals surface area contributed by atoms with E-state index >= 15 is 0 Å². The van der Waals surface area contributed by atoms with Crippen molar-refractivity contribution in [2.24, 2.45) is 5.92 Å². The van der Waals surface area contributed by atoms with E-state index in [1.54, 1.807) is 30.3 Å². The first-order valence-electron chi connectivity index (χ1n) is 9.72. The Kier molecular flexibility index (Phi) is 9.18. The molecule has 0 fully saturated rings. The lowest BCUT2D eigenvalue weighted by Gasteiger charge is -2.12. The highest BCUT2D eigenvalue weighted by Gasteiger charge is 2.16. The molecule has 0 N–H and O–H groups in total. The van der Waals surface area contributed by atoms with Gasteiger partial charge in [0.25, 0.3) is 0 Å². The molecule has 0 aliphatic rings. The van der Waals surface area contributed by atoms with E-state index in [4.69, 9.17) is 27.5 Å². The van der Waals surface area contributed by atoms with Gasteiger partial charge in [-0.25, -0.2) is 0 Å². The number of ether oxygens (including phenoxy) is 2. The largest absolute Gasteiger partial charge is 0.443 e. The average molecular weight is 425 g/mol. The van der Waals surface area contributed by atoms with Crippen molar-refractivity contribution in [1.29, 1.82) is 0 Å². The molecule has 0 saturated carbocycles. The summed E-state index contributed by atoms with van der Waals surface area (Å²) in [5, 5.41) is 0.294. The van der Waals surface area contributed by atoms with Gasteiger partial charge in [-0.3, -0.25) is 9.59 Å². The molecule has 4 nitrogen and oxygen atoms in total. The molecule has 1 atom stereocenters. The minimum Gasteiger partial charge on any atom is -0.443 e. The zero-order chi connectivity index (χ0) is 21.9. The summed E-state index contributed by atoms with van der Waals surface area (Å²) in [7, 11) is 0. The Hall–Kier alpha value is -3.03. The minimum atomic E-state index is -0.931. The third-order valence-corrected chi connectivity index (χ3v) is 4.46. The van der Waals surface area contributed by atoms with Gasteiger partial charge in [0.2, 0.25) is 0 Å². The summed E-state index contributed by atoms with van der Waals surface area (Å²) in [5.74, 6) is 2.28. The minimum absolute atomic E-state index is 0.0290. The Labute approximate surface area is 182 Å². The molecular weight excluding hydrogens is 400 g/mol. The van der Waals surface area contributed by atoms with Crippen LogP contribution in [0.4, 0.5) is 0 Å². The Morgan fingerprint density at radius 2 is 1.70 bits per heavy atom. The van der Waals surface area contributed by atoms with Gasteiger partial charge in [-0.15, -0.1) is 6.42 Å². The quantitative estimate of drug-likeness (QED) is 0.319. The van der Waals surface area contributed by atoms with Gasteiger partial charge >= 0.3 is 11.9 Å². The maximum Gasteiger partial charge on any atom is 0.311 e. The molecule has 0 amide bonds. The molecule has 0 heterocycles. The third-order valence-electron chi connectivity index (χ3n) is 4.11. The summed E-state index contributed by atoms with van der Waals surface area (Å²) >= 11 is 6.24. The Morgan fingerprint density at radius 1 is 1.03 bits per heavy atom. The van der Waals surface area contributed by atoms with Crippen LogP contribution in [0.2, 0.25) is 0 Å². The first kappa shape index (κ1) is 23.3. The molecule has 1 unspecified atom stereocenters. The number of terminal acetylenes is 1. The normalized spacial score (nSPS) is 12.2. The zero-order valence-electron chi connectivity index (χ0n) is 17.1. The van der Waals surface area contributed by atoms with Crippen molar-refractivity contribution in [3.8, 4) is 18.1 Å². The predicted octanol–water partition coefficient (Wildman–Crippen LogP) is 5.09. The Morgan fingerprint density at radius 3 is 2.30 bits per heavy atom. The molecule has 30 heavy (non-hydrogen) atoms. The van der Waals surface area contributed by atoms with Crippen LogP contribution < -0.4 is 4.74 Å². The fraction of sp³-hybridized carbons (Fsp3) is 0.280. The predicted molar refractivity (Wildman–Crippen MR) is 118 cm³/mol. The molecule has 0 aliphatic carbocycles. The molecule has 0 saturated heterocycles. The maximum absolute atomic E-state index is 12.3. The van der Waals surface area contributed by atoms with Gasteiger partial charge in [0, 0.05) is 6.42 Å². The lowest BCUT2D eigenvalue weighted by atomic mass is 10.1. The molecule has 0 aliphatic heterocycles. The van der Waals surface area contributed by atoms with E-state index in [1.807, 2.05) is 44.2 Å². The van der Waals surface area contributed by atoms with Crippen molar-refractivity contribution in [3.63, 3.8) is 0 Å². The number of halogens is 1. The van der Waals surface area contributed by atoms with E-state index in [1.165, 1.54) is 0 Å². The van der Waals surface area contributed by atoms with Crippen LogP contribution in [0.25, 0.3) is 0 Å². The average Bonchev–Trinajstić information content (AvgIpc) is 2.72. The fourth-order valence-electron chi connectivity index (χ4n) is 2.63. The van der Waals surface area contributed by atoms with E-state index in [-0.39, 0.29) is 18.3 Å². The number of carbonyl (C=O) groups excluding carboxylic acids is 2. The highest BCUT2D eigenvalue weighted by atomic mass is 35.5. The van der Waals surface area contributed by atoms with Crippen LogP contribution in [-0.2, 0) is 27.2 Å². The number of allylic oxidation sites excluding steroid dienone is 1. The van der Waals surface area contributed by atoms with E-state index < -0.39 is 12.1 Å². The lowest BCUT2D eigenvalue weighted by molar-refractivity contribution is -0.144. The highest BCUT2D eigenvalue weighted by Crippen LogP contribution is 2.17. The van der Waals surface area contributed by atoms with E-state index in [0.717, 1.165) is 5.56 Å².